The van der Waals surface area contributed by atoms with Gasteiger partial charge in [-0.05, 0) is 60.5 Å². The number of halogens is 1. The van der Waals surface area contributed by atoms with Crippen LogP contribution in [0.1, 0.15) is 29.8 Å². The summed E-state index contributed by atoms with van der Waals surface area (Å²) >= 11 is 3.18. The molecule has 0 heterocycles. The Morgan fingerprint density at radius 2 is 1.90 bits per heavy atom. The molecule has 0 radical (unpaired) electrons. The van der Waals surface area contributed by atoms with Crippen LogP contribution in [0.5, 0.6) is 0 Å². The topological polar surface area (TPSA) is 55.7 Å². The third-order valence-corrected chi connectivity index (χ3v) is 3.84. The number of oxime groups is 1. The molecule has 2 rings (SSSR count). The first kappa shape index (κ1) is 15.4. The van der Waals surface area contributed by atoms with E-state index in [0.29, 0.717) is 26.9 Å². The second-order valence-electron chi connectivity index (χ2n) is 4.80. The number of rotatable bonds is 2. The number of aryl methyl sites for hydroxylation is 1. The van der Waals surface area contributed by atoms with Crippen molar-refractivity contribution in [1.29, 1.82) is 0 Å². The molecule has 0 N–H and O–H groups in total. The van der Waals surface area contributed by atoms with Gasteiger partial charge in [0.15, 0.2) is 5.78 Å². The van der Waals surface area contributed by atoms with Crippen molar-refractivity contribution in [3.63, 3.8) is 0 Å². The number of allylic oxidation sites excluding steroid dienone is 4. The highest BCUT2D eigenvalue weighted by molar-refractivity contribution is 9.12. The summed E-state index contributed by atoms with van der Waals surface area (Å²) in [5.74, 6) is -0.616. The van der Waals surface area contributed by atoms with Crippen molar-refractivity contribution in [2.24, 2.45) is 5.16 Å². The number of ketones is 1. The largest absolute Gasteiger partial charge is 0.365 e. The Kier molecular flexibility index (Phi) is 4.53. The SMILES string of the molecule is CC1=C(C)/C(=N/OC(=O)c2cccc(C)c2)C=C(Br)C1=O. The highest BCUT2D eigenvalue weighted by Crippen LogP contribution is 2.23. The second-order valence-corrected chi connectivity index (χ2v) is 5.65. The Balaban J connectivity index is 2.22. The molecule has 1 aliphatic rings. The van der Waals surface area contributed by atoms with Gasteiger partial charge in [-0.1, -0.05) is 22.9 Å². The Morgan fingerprint density at radius 1 is 1.19 bits per heavy atom. The average Bonchev–Trinajstić information content (AvgIpc) is 2.47. The van der Waals surface area contributed by atoms with E-state index >= 15 is 0 Å². The molecule has 0 bridgehead atoms. The highest BCUT2D eigenvalue weighted by atomic mass is 79.9. The summed E-state index contributed by atoms with van der Waals surface area (Å²) in [6, 6.07) is 7.07. The molecule has 1 aliphatic carbocycles. The van der Waals surface area contributed by atoms with Crippen LogP contribution < -0.4 is 0 Å². The van der Waals surface area contributed by atoms with E-state index in [1.165, 1.54) is 0 Å². The molecule has 21 heavy (non-hydrogen) atoms. The zero-order valence-corrected chi connectivity index (χ0v) is 13.5. The van der Waals surface area contributed by atoms with Gasteiger partial charge in [0.05, 0.1) is 10.0 Å². The van der Waals surface area contributed by atoms with Gasteiger partial charge in [0.25, 0.3) is 0 Å². The maximum atomic E-state index is 11.9. The van der Waals surface area contributed by atoms with Gasteiger partial charge in [-0.3, -0.25) is 4.79 Å². The molecule has 0 saturated heterocycles. The molecule has 4 nitrogen and oxygen atoms in total. The van der Waals surface area contributed by atoms with Crippen LogP contribution in [0.3, 0.4) is 0 Å². The van der Waals surface area contributed by atoms with E-state index in [1.807, 2.05) is 13.0 Å². The third-order valence-electron chi connectivity index (χ3n) is 3.25. The van der Waals surface area contributed by atoms with Gasteiger partial charge < -0.3 is 4.84 Å². The summed E-state index contributed by atoms with van der Waals surface area (Å²) in [6.45, 7) is 5.37. The Labute approximate surface area is 131 Å². The molecule has 0 aromatic heterocycles. The fourth-order valence-electron chi connectivity index (χ4n) is 1.85. The normalized spacial score (nSPS) is 17.0. The lowest BCUT2D eigenvalue weighted by molar-refractivity contribution is -0.111. The van der Waals surface area contributed by atoms with E-state index in [2.05, 4.69) is 21.1 Å². The molecule has 1 aromatic rings. The van der Waals surface area contributed by atoms with Crippen molar-refractivity contribution in [3.8, 4) is 0 Å². The first-order valence-electron chi connectivity index (χ1n) is 6.36. The summed E-state index contributed by atoms with van der Waals surface area (Å²) in [5.41, 5.74) is 3.14. The van der Waals surface area contributed by atoms with Crippen LogP contribution in [0.15, 0.2) is 51.1 Å². The molecule has 0 spiro atoms. The van der Waals surface area contributed by atoms with Crippen LogP contribution in [-0.4, -0.2) is 17.5 Å². The van der Waals surface area contributed by atoms with Gasteiger partial charge in [0.1, 0.15) is 5.71 Å². The van der Waals surface area contributed by atoms with E-state index in [4.69, 9.17) is 4.84 Å². The van der Waals surface area contributed by atoms with E-state index < -0.39 is 5.97 Å². The number of nitrogens with zero attached hydrogens (tertiary/aromatic N) is 1. The maximum absolute atomic E-state index is 11.9. The number of hydrogen-bond donors (Lipinski definition) is 0. The molecule has 5 heteroatoms. The quantitative estimate of drug-likeness (QED) is 0.465. The summed E-state index contributed by atoms with van der Waals surface area (Å²) in [7, 11) is 0. The molecule has 0 atom stereocenters. The Morgan fingerprint density at radius 3 is 2.57 bits per heavy atom. The summed E-state index contributed by atoms with van der Waals surface area (Å²) < 4.78 is 0.399. The van der Waals surface area contributed by atoms with Gasteiger partial charge in [-0.15, -0.1) is 0 Å². The Hall–Kier alpha value is -2.01. The van der Waals surface area contributed by atoms with E-state index in [1.54, 1.807) is 38.1 Å². The molecule has 1 aromatic carbocycles. The number of Topliss-reactive ketones (excluding diaryl/α,β-unsaturated/α-hetero) is 1. The lowest BCUT2D eigenvalue weighted by Gasteiger charge is -2.12. The molecule has 0 fully saturated rings. The zero-order valence-electron chi connectivity index (χ0n) is 11.9. The molecular weight excluding hydrogens is 334 g/mol. The van der Waals surface area contributed by atoms with Crippen molar-refractivity contribution in [3.05, 3.63) is 57.1 Å². The van der Waals surface area contributed by atoms with Gasteiger partial charge in [-0.2, -0.15) is 0 Å². The lowest BCUT2D eigenvalue weighted by atomic mass is 9.97. The van der Waals surface area contributed by atoms with Crippen LogP contribution >= 0.6 is 15.9 Å². The first-order valence-corrected chi connectivity index (χ1v) is 7.15. The molecular formula is C16H14BrNO3. The molecule has 108 valence electrons. The summed E-state index contributed by atoms with van der Waals surface area (Å²) in [4.78, 5) is 28.6. The minimum absolute atomic E-state index is 0.0866. The van der Waals surface area contributed by atoms with Crippen LogP contribution in [0.2, 0.25) is 0 Å². The molecule has 0 saturated carbocycles. The van der Waals surface area contributed by atoms with Crippen molar-refractivity contribution in [2.75, 3.05) is 0 Å². The monoisotopic (exact) mass is 347 g/mol. The van der Waals surface area contributed by atoms with Crippen molar-refractivity contribution >= 4 is 33.4 Å². The van der Waals surface area contributed by atoms with Crippen LogP contribution in [0.25, 0.3) is 0 Å². The van der Waals surface area contributed by atoms with Crippen molar-refractivity contribution in [1.82, 2.24) is 0 Å². The van der Waals surface area contributed by atoms with Gasteiger partial charge in [0.2, 0.25) is 0 Å². The summed E-state index contributed by atoms with van der Waals surface area (Å²) in [6.07, 6.45) is 1.55. The lowest BCUT2D eigenvalue weighted by Crippen LogP contribution is -2.15. The minimum atomic E-state index is -0.530. The number of carbonyl (C=O) groups excluding carboxylic acids is 2. The maximum Gasteiger partial charge on any atom is 0.365 e. The predicted octanol–water partition coefficient (Wildman–Crippen LogP) is 3.71. The van der Waals surface area contributed by atoms with Crippen molar-refractivity contribution in [2.45, 2.75) is 20.8 Å². The van der Waals surface area contributed by atoms with Gasteiger partial charge in [-0.25, -0.2) is 4.79 Å². The van der Waals surface area contributed by atoms with E-state index in [9.17, 15) is 9.59 Å². The average molecular weight is 348 g/mol. The number of benzene rings is 1. The minimum Gasteiger partial charge on any atom is -0.312 e. The molecule has 0 aliphatic heterocycles. The van der Waals surface area contributed by atoms with Crippen LogP contribution in [-0.2, 0) is 9.63 Å². The smallest absolute Gasteiger partial charge is 0.312 e. The molecule has 0 unspecified atom stereocenters. The predicted molar refractivity (Wildman–Crippen MR) is 84.4 cm³/mol. The van der Waals surface area contributed by atoms with Crippen molar-refractivity contribution < 1.29 is 14.4 Å². The molecule has 0 amide bonds. The first-order chi connectivity index (χ1) is 9.90. The third kappa shape index (κ3) is 3.36. The standard InChI is InChI=1S/C16H14BrNO3/c1-9-5-4-6-12(7-9)16(20)21-18-14-8-13(17)15(19)11(3)10(14)2/h4-8H,1-3H3/b18-14+. The fraction of sp³-hybridized carbons (Fsp3) is 0.188. The number of hydrogen-bond acceptors (Lipinski definition) is 4. The number of carbonyl (C=O) groups is 2. The van der Waals surface area contributed by atoms with E-state index in [-0.39, 0.29) is 5.78 Å². The van der Waals surface area contributed by atoms with Crippen LogP contribution in [0, 0.1) is 6.92 Å². The summed E-state index contributed by atoms with van der Waals surface area (Å²) in [5, 5.41) is 3.86. The highest BCUT2D eigenvalue weighted by Gasteiger charge is 2.21. The van der Waals surface area contributed by atoms with Gasteiger partial charge >= 0.3 is 5.97 Å². The van der Waals surface area contributed by atoms with Gasteiger partial charge in [0, 0.05) is 5.57 Å². The zero-order chi connectivity index (χ0) is 15.6. The van der Waals surface area contributed by atoms with E-state index in [0.717, 1.165) is 5.56 Å². The Bertz CT molecular complexity index is 714. The second kappa shape index (κ2) is 6.18. The fourth-order valence-corrected chi connectivity index (χ4v) is 2.36. The van der Waals surface area contributed by atoms with Crippen LogP contribution in [0.4, 0.5) is 0 Å².